The molecule has 1 saturated carbocycles. The summed E-state index contributed by atoms with van der Waals surface area (Å²) < 4.78 is 25.4. The Morgan fingerprint density at radius 1 is 1.21 bits per heavy atom. The van der Waals surface area contributed by atoms with Gasteiger partial charge < -0.3 is 15.2 Å². The van der Waals surface area contributed by atoms with Gasteiger partial charge in [-0.3, -0.25) is 4.79 Å². The average molecular weight is 482 g/mol. The number of carbonyl (C=O) groups excluding carboxylic acids is 1. The molecule has 3 aromatic rings. The van der Waals surface area contributed by atoms with Gasteiger partial charge in [0.15, 0.2) is 0 Å². The molecule has 180 valence electrons. The van der Waals surface area contributed by atoms with Gasteiger partial charge in [-0.05, 0) is 43.2 Å². The third-order valence-electron chi connectivity index (χ3n) is 7.29. The molecular formula is C25H31N5O3S. The van der Waals surface area contributed by atoms with E-state index in [1.165, 1.54) is 12.6 Å². The number of hydrogen-bond donors (Lipinski definition) is 1. The number of nitrogens with two attached hydrogens (primary N) is 1. The summed E-state index contributed by atoms with van der Waals surface area (Å²) in [5.41, 5.74) is 10.1. The number of carbonyl (C=O) groups is 1. The summed E-state index contributed by atoms with van der Waals surface area (Å²) in [5.74, 6) is 1.72. The summed E-state index contributed by atoms with van der Waals surface area (Å²) >= 11 is 0. The van der Waals surface area contributed by atoms with Gasteiger partial charge in [0.05, 0.1) is 11.1 Å². The Balaban J connectivity index is 1.36. The maximum atomic E-state index is 11.6. The predicted octanol–water partition coefficient (Wildman–Crippen LogP) is 2.74. The molecule has 2 fully saturated rings. The summed E-state index contributed by atoms with van der Waals surface area (Å²) in [6.07, 6.45) is 7.52. The van der Waals surface area contributed by atoms with Gasteiger partial charge in [-0.2, -0.15) is 0 Å². The number of nitrogens with zero attached hydrogens (tertiary/aromatic N) is 4. The molecule has 0 unspecified atom stereocenters. The van der Waals surface area contributed by atoms with Crippen molar-refractivity contribution < 1.29 is 13.2 Å². The van der Waals surface area contributed by atoms with Crippen LogP contribution in [0.3, 0.4) is 0 Å². The van der Waals surface area contributed by atoms with Crippen molar-refractivity contribution in [3.8, 4) is 11.1 Å². The highest BCUT2D eigenvalue weighted by Gasteiger charge is 2.37. The normalized spacial score (nSPS) is 21.4. The molecule has 2 aromatic heterocycles. The highest BCUT2D eigenvalue weighted by Crippen LogP contribution is 2.43. The van der Waals surface area contributed by atoms with Crippen LogP contribution in [-0.4, -0.2) is 65.3 Å². The van der Waals surface area contributed by atoms with Crippen molar-refractivity contribution in [1.29, 1.82) is 0 Å². The third kappa shape index (κ3) is 4.59. The van der Waals surface area contributed by atoms with Crippen LogP contribution >= 0.6 is 0 Å². The van der Waals surface area contributed by atoms with E-state index in [2.05, 4.69) is 25.6 Å². The lowest BCUT2D eigenvalue weighted by molar-refractivity contribution is -0.126. The van der Waals surface area contributed by atoms with Crippen molar-refractivity contribution in [2.45, 2.75) is 32.2 Å². The minimum atomic E-state index is -3.03. The second-order valence-corrected chi connectivity index (χ2v) is 12.3. The van der Waals surface area contributed by atoms with Crippen molar-refractivity contribution in [2.75, 3.05) is 37.4 Å². The maximum absolute atomic E-state index is 11.6. The monoisotopic (exact) mass is 481 g/mol. The Morgan fingerprint density at radius 3 is 2.68 bits per heavy atom. The number of aryl methyl sites for hydroxylation is 1. The van der Waals surface area contributed by atoms with E-state index >= 15 is 0 Å². The maximum Gasteiger partial charge on any atom is 0.147 e. The molecule has 0 radical (unpaired) electrons. The molecule has 0 spiro atoms. The Labute approximate surface area is 200 Å². The summed E-state index contributed by atoms with van der Waals surface area (Å²) in [6.45, 7) is 4.52. The number of aromatic nitrogens is 3. The van der Waals surface area contributed by atoms with Crippen molar-refractivity contribution in [1.82, 2.24) is 19.4 Å². The molecule has 1 saturated heterocycles. The van der Waals surface area contributed by atoms with Crippen LogP contribution in [0.15, 0.2) is 36.8 Å². The molecule has 0 atom stereocenters. The zero-order chi connectivity index (χ0) is 24.0. The van der Waals surface area contributed by atoms with Crippen LogP contribution in [0.1, 0.15) is 31.4 Å². The number of Topliss-reactive ketones (excluding diaryl/α,β-unsaturated/α-hetero) is 1. The number of sulfone groups is 1. The molecule has 9 heteroatoms. The number of anilines is 1. The van der Waals surface area contributed by atoms with E-state index in [0.717, 1.165) is 60.2 Å². The van der Waals surface area contributed by atoms with E-state index in [1.807, 2.05) is 24.3 Å². The Bertz CT molecular complexity index is 1340. The quantitative estimate of drug-likeness (QED) is 0.527. The Morgan fingerprint density at radius 2 is 1.97 bits per heavy atom. The van der Waals surface area contributed by atoms with E-state index in [-0.39, 0.29) is 11.7 Å². The summed E-state index contributed by atoms with van der Waals surface area (Å²) in [5, 5.41) is 0.846. The van der Waals surface area contributed by atoms with E-state index in [4.69, 9.17) is 5.73 Å². The number of hydrogen-bond acceptors (Lipinski definition) is 7. The van der Waals surface area contributed by atoms with Gasteiger partial charge in [0, 0.05) is 49.6 Å². The zero-order valence-corrected chi connectivity index (χ0v) is 20.5. The lowest BCUT2D eigenvalue weighted by Gasteiger charge is -2.44. The number of ketones is 1. The number of benzene rings is 1. The molecule has 8 nitrogen and oxygen atoms in total. The number of rotatable bonds is 8. The van der Waals surface area contributed by atoms with Crippen LogP contribution in [-0.2, 0) is 21.1 Å². The van der Waals surface area contributed by atoms with E-state index < -0.39 is 9.84 Å². The van der Waals surface area contributed by atoms with Crippen LogP contribution in [0.5, 0.6) is 0 Å². The molecule has 34 heavy (non-hydrogen) atoms. The lowest BCUT2D eigenvalue weighted by atomic mass is 9.78. The first-order chi connectivity index (χ1) is 16.2. The number of nitrogen functional groups attached to an aromatic ring is 1. The van der Waals surface area contributed by atoms with E-state index in [0.29, 0.717) is 30.0 Å². The topological polar surface area (TPSA) is 111 Å². The van der Waals surface area contributed by atoms with Gasteiger partial charge in [0.1, 0.15) is 33.4 Å². The summed E-state index contributed by atoms with van der Waals surface area (Å²) in [6, 6.07) is 8.33. The minimum absolute atomic E-state index is 0.122. The second-order valence-electron chi connectivity index (χ2n) is 10.0. The van der Waals surface area contributed by atoms with Gasteiger partial charge in [0.25, 0.3) is 0 Å². The number of fused-ring (bicyclic) bond motifs is 1. The fourth-order valence-corrected chi connectivity index (χ4v) is 5.83. The standard InChI is InChI=1S/C25H31N5O3S/c1-16(31)20-12-29(13-20)11-18-9-21(10-18)30-14-22(23-24(26)27-15-28-25(23)30)19-5-3-4-17(8-19)6-7-34(2,32)33/h3-5,8,14-15,18,20-21H,6-7,9-13H2,1-2H3,(H2,26,27,28). The van der Waals surface area contributed by atoms with Gasteiger partial charge in [-0.15, -0.1) is 0 Å². The highest BCUT2D eigenvalue weighted by molar-refractivity contribution is 7.90. The Hall–Kier alpha value is -2.78. The predicted molar refractivity (Wildman–Crippen MR) is 133 cm³/mol. The van der Waals surface area contributed by atoms with E-state index in [9.17, 15) is 13.2 Å². The van der Waals surface area contributed by atoms with Crippen LogP contribution < -0.4 is 5.73 Å². The molecule has 0 bridgehead atoms. The average Bonchev–Trinajstić information content (AvgIpc) is 3.10. The highest BCUT2D eigenvalue weighted by atomic mass is 32.2. The van der Waals surface area contributed by atoms with Crippen LogP contribution in [0, 0.1) is 11.8 Å². The van der Waals surface area contributed by atoms with Crippen molar-refractivity contribution >= 4 is 32.5 Å². The first-order valence-electron chi connectivity index (χ1n) is 11.8. The molecule has 3 heterocycles. The van der Waals surface area contributed by atoms with Crippen LogP contribution in [0.4, 0.5) is 5.82 Å². The first-order valence-corrected chi connectivity index (χ1v) is 13.8. The number of likely N-dealkylation sites (tertiary alicyclic amines) is 1. The molecule has 1 aliphatic heterocycles. The molecule has 1 aromatic carbocycles. The minimum Gasteiger partial charge on any atom is -0.383 e. The second kappa shape index (κ2) is 8.78. The fourth-order valence-electron chi connectivity index (χ4n) is 5.22. The van der Waals surface area contributed by atoms with Gasteiger partial charge in [-0.25, -0.2) is 18.4 Å². The lowest BCUT2D eigenvalue weighted by Crippen LogP contribution is -2.52. The van der Waals surface area contributed by atoms with Crippen molar-refractivity contribution in [2.24, 2.45) is 11.8 Å². The molecule has 5 rings (SSSR count). The largest absolute Gasteiger partial charge is 0.383 e. The first kappa shape index (κ1) is 23.0. The van der Waals surface area contributed by atoms with Crippen molar-refractivity contribution in [3.05, 3.63) is 42.4 Å². The van der Waals surface area contributed by atoms with Gasteiger partial charge >= 0.3 is 0 Å². The Kier molecular flexibility index (Phi) is 5.93. The summed E-state index contributed by atoms with van der Waals surface area (Å²) in [4.78, 5) is 22.7. The molecule has 2 aliphatic rings. The molecular weight excluding hydrogens is 450 g/mol. The van der Waals surface area contributed by atoms with Gasteiger partial charge in [0.2, 0.25) is 0 Å². The van der Waals surface area contributed by atoms with Crippen LogP contribution in [0.2, 0.25) is 0 Å². The van der Waals surface area contributed by atoms with E-state index in [1.54, 1.807) is 6.92 Å². The SMILES string of the molecule is CC(=O)C1CN(CC2CC(n3cc(-c4cccc(CCS(C)(=O)=O)c4)c4c(N)ncnc43)C2)C1. The fraction of sp³-hybridized carbons (Fsp3) is 0.480. The molecule has 2 N–H and O–H groups in total. The molecule has 1 aliphatic carbocycles. The van der Waals surface area contributed by atoms with Gasteiger partial charge in [-0.1, -0.05) is 24.3 Å². The molecule has 0 amide bonds. The smallest absolute Gasteiger partial charge is 0.147 e. The van der Waals surface area contributed by atoms with Crippen LogP contribution in [0.25, 0.3) is 22.2 Å². The zero-order valence-electron chi connectivity index (χ0n) is 19.6. The summed E-state index contributed by atoms with van der Waals surface area (Å²) in [7, 11) is -3.03. The third-order valence-corrected chi connectivity index (χ3v) is 8.24. The van der Waals surface area contributed by atoms with Crippen molar-refractivity contribution in [3.63, 3.8) is 0 Å².